The van der Waals surface area contributed by atoms with Gasteiger partial charge >= 0.3 is 0 Å². The van der Waals surface area contributed by atoms with E-state index in [1.807, 2.05) is 0 Å². The lowest BCUT2D eigenvalue weighted by Crippen LogP contribution is -2.38. The second kappa shape index (κ2) is 5.20. The fourth-order valence-corrected chi connectivity index (χ4v) is 4.00. The van der Waals surface area contributed by atoms with E-state index in [0.717, 1.165) is 24.3 Å². The summed E-state index contributed by atoms with van der Waals surface area (Å²) in [6.45, 7) is 3.15. The molecule has 0 spiro atoms. The van der Waals surface area contributed by atoms with E-state index >= 15 is 0 Å². The number of amides is 1. The van der Waals surface area contributed by atoms with Crippen molar-refractivity contribution in [1.29, 1.82) is 0 Å². The molecule has 102 valence electrons. The third-order valence-electron chi connectivity index (χ3n) is 5.20. The van der Waals surface area contributed by atoms with E-state index in [-0.39, 0.29) is 5.91 Å². The molecule has 3 aliphatic rings. The monoisotopic (exact) mass is 250 g/mol. The van der Waals surface area contributed by atoms with Gasteiger partial charge in [-0.3, -0.25) is 4.79 Å². The number of carbonyl (C=O) groups is 1. The van der Waals surface area contributed by atoms with Gasteiger partial charge in [0.15, 0.2) is 0 Å². The van der Waals surface area contributed by atoms with Gasteiger partial charge in [-0.05, 0) is 56.8 Å². The van der Waals surface area contributed by atoms with Crippen molar-refractivity contribution >= 4 is 5.91 Å². The summed E-state index contributed by atoms with van der Waals surface area (Å²) >= 11 is 0. The molecule has 0 saturated heterocycles. The van der Waals surface area contributed by atoms with E-state index in [1.165, 1.54) is 38.5 Å². The minimum Gasteiger partial charge on any atom is -0.353 e. The van der Waals surface area contributed by atoms with Crippen LogP contribution in [0, 0.1) is 17.8 Å². The van der Waals surface area contributed by atoms with Gasteiger partial charge < -0.3 is 10.6 Å². The molecule has 3 saturated carbocycles. The highest BCUT2D eigenvalue weighted by Crippen LogP contribution is 2.49. The van der Waals surface area contributed by atoms with E-state index in [9.17, 15) is 4.79 Å². The van der Waals surface area contributed by atoms with Gasteiger partial charge in [-0.1, -0.05) is 6.42 Å². The zero-order chi connectivity index (χ0) is 12.5. The lowest BCUT2D eigenvalue weighted by molar-refractivity contribution is -0.121. The number of hydrogen-bond acceptors (Lipinski definition) is 2. The van der Waals surface area contributed by atoms with Gasteiger partial charge in [0, 0.05) is 25.0 Å². The number of fused-ring (bicyclic) bond motifs is 2. The largest absolute Gasteiger partial charge is 0.353 e. The lowest BCUT2D eigenvalue weighted by Gasteiger charge is -2.28. The van der Waals surface area contributed by atoms with Gasteiger partial charge in [0.2, 0.25) is 5.91 Å². The summed E-state index contributed by atoms with van der Waals surface area (Å²) in [5.41, 5.74) is 0. The summed E-state index contributed by atoms with van der Waals surface area (Å²) in [6, 6.07) is 1.09. The van der Waals surface area contributed by atoms with Crippen LogP contribution < -0.4 is 10.6 Å². The zero-order valence-corrected chi connectivity index (χ0v) is 11.5. The summed E-state index contributed by atoms with van der Waals surface area (Å²) in [4.78, 5) is 11.6. The molecule has 18 heavy (non-hydrogen) atoms. The molecule has 0 aromatic rings. The number of rotatable bonds is 6. The van der Waals surface area contributed by atoms with E-state index in [2.05, 4.69) is 17.6 Å². The Hall–Kier alpha value is -0.570. The molecular formula is C15H26N2O. The van der Waals surface area contributed by atoms with Gasteiger partial charge in [-0.25, -0.2) is 0 Å². The molecule has 2 N–H and O–H groups in total. The minimum atomic E-state index is 0.227. The molecule has 0 aliphatic heterocycles. The fourth-order valence-electron chi connectivity index (χ4n) is 4.00. The average molecular weight is 250 g/mol. The molecule has 0 aromatic carbocycles. The second-order valence-corrected chi connectivity index (χ2v) is 6.67. The zero-order valence-electron chi connectivity index (χ0n) is 11.5. The molecule has 3 aliphatic carbocycles. The summed E-state index contributed by atoms with van der Waals surface area (Å²) in [6.07, 6.45) is 8.82. The first-order valence-corrected chi connectivity index (χ1v) is 7.75. The molecule has 0 radical (unpaired) electrons. The van der Waals surface area contributed by atoms with Gasteiger partial charge in [-0.15, -0.1) is 0 Å². The van der Waals surface area contributed by atoms with Crippen LogP contribution in [0.3, 0.4) is 0 Å². The molecule has 2 bridgehead atoms. The van der Waals surface area contributed by atoms with Crippen LogP contribution in [0.1, 0.15) is 51.9 Å². The summed E-state index contributed by atoms with van der Waals surface area (Å²) < 4.78 is 0. The van der Waals surface area contributed by atoms with Crippen molar-refractivity contribution in [3.05, 3.63) is 0 Å². The Labute approximate surface area is 110 Å². The van der Waals surface area contributed by atoms with E-state index < -0.39 is 0 Å². The predicted octanol–water partition coefficient (Wildman–Crippen LogP) is 2.07. The molecule has 0 heterocycles. The smallest absolute Gasteiger partial charge is 0.221 e. The topological polar surface area (TPSA) is 41.1 Å². The van der Waals surface area contributed by atoms with E-state index in [0.29, 0.717) is 18.5 Å². The fraction of sp³-hybridized carbons (Fsp3) is 0.933. The Bertz CT molecular complexity index is 314. The van der Waals surface area contributed by atoms with Crippen LogP contribution in [0.2, 0.25) is 0 Å². The normalized spacial score (nSPS) is 35.7. The molecule has 4 unspecified atom stereocenters. The Morgan fingerprint density at radius 2 is 2.06 bits per heavy atom. The minimum absolute atomic E-state index is 0.227. The Morgan fingerprint density at radius 3 is 2.67 bits per heavy atom. The van der Waals surface area contributed by atoms with Gasteiger partial charge in [0.25, 0.3) is 0 Å². The Kier molecular flexibility index (Phi) is 3.60. The molecule has 4 atom stereocenters. The van der Waals surface area contributed by atoms with Crippen molar-refractivity contribution in [1.82, 2.24) is 10.6 Å². The van der Waals surface area contributed by atoms with Crippen LogP contribution in [0.15, 0.2) is 0 Å². The summed E-state index contributed by atoms with van der Waals surface area (Å²) in [5, 5.41) is 6.62. The molecule has 3 rings (SSSR count). The highest BCUT2D eigenvalue weighted by Gasteiger charge is 2.41. The maximum Gasteiger partial charge on any atom is 0.221 e. The maximum absolute atomic E-state index is 11.6. The van der Waals surface area contributed by atoms with Gasteiger partial charge in [0.05, 0.1) is 0 Å². The number of hydrogen-bond donors (Lipinski definition) is 2. The molecule has 0 aromatic heterocycles. The van der Waals surface area contributed by atoms with Crippen LogP contribution in [-0.4, -0.2) is 24.5 Å². The van der Waals surface area contributed by atoms with Crippen molar-refractivity contribution in [2.45, 2.75) is 64.0 Å². The third-order valence-corrected chi connectivity index (χ3v) is 5.20. The van der Waals surface area contributed by atoms with Crippen LogP contribution in [0.25, 0.3) is 0 Å². The second-order valence-electron chi connectivity index (χ2n) is 6.67. The van der Waals surface area contributed by atoms with Crippen molar-refractivity contribution in [3.63, 3.8) is 0 Å². The van der Waals surface area contributed by atoms with Crippen LogP contribution in [-0.2, 0) is 4.79 Å². The van der Waals surface area contributed by atoms with Gasteiger partial charge in [0.1, 0.15) is 0 Å². The van der Waals surface area contributed by atoms with Crippen LogP contribution >= 0.6 is 0 Å². The predicted molar refractivity (Wildman–Crippen MR) is 72.2 cm³/mol. The van der Waals surface area contributed by atoms with E-state index in [4.69, 9.17) is 0 Å². The van der Waals surface area contributed by atoms with Crippen molar-refractivity contribution in [3.8, 4) is 0 Å². The van der Waals surface area contributed by atoms with Gasteiger partial charge in [-0.2, -0.15) is 0 Å². The molecule has 3 heteroatoms. The van der Waals surface area contributed by atoms with Crippen molar-refractivity contribution < 1.29 is 4.79 Å². The number of nitrogens with one attached hydrogen (secondary N) is 2. The highest BCUT2D eigenvalue weighted by atomic mass is 16.1. The van der Waals surface area contributed by atoms with Crippen LogP contribution in [0.5, 0.6) is 0 Å². The van der Waals surface area contributed by atoms with Crippen LogP contribution in [0.4, 0.5) is 0 Å². The summed E-state index contributed by atoms with van der Waals surface area (Å²) in [7, 11) is 0. The molecule has 3 fully saturated rings. The Balaban J connectivity index is 1.33. The van der Waals surface area contributed by atoms with Crippen molar-refractivity contribution in [2.24, 2.45) is 17.8 Å². The van der Waals surface area contributed by atoms with Crippen molar-refractivity contribution in [2.75, 3.05) is 6.54 Å². The summed E-state index contributed by atoms with van der Waals surface area (Å²) in [5.74, 6) is 3.08. The molecular weight excluding hydrogens is 224 g/mol. The number of carbonyl (C=O) groups excluding carboxylic acids is 1. The maximum atomic E-state index is 11.6. The molecule has 3 nitrogen and oxygen atoms in total. The first-order chi connectivity index (χ1) is 8.72. The van der Waals surface area contributed by atoms with E-state index in [1.54, 1.807) is 0 Å². The average Bonchev–Trinajstić information content (AvgIpc) is 2.92. The highest BCUT2D eigenvalue weighted by molar-refractivity contribution is 5.76. The third kappa shape index (κ3) is 2.87. The molecule has 1 amide bonds. The first-order valence-electron chi connectivity index (χ1n) is 7.75. The quantitative estimate of drug-likeness (QED) is 0.757. The SMILES string of the molecule is CC(NCCC(=O)NC1CC1)C1CC2CCC1C2. The first kappa shape index (κ1) is 12.5. The Morgan fingerprint density at radius 1 is 1.22 bits per heavy atom. The lowest BCUT2D eigenvalue weighted by atomic mass is 9.84. The standard InChI is InChI=1S/C15H26N2O/c1-10(14-9-11-2-3-12(14)8-11)16-7-6-15(18)17-13-4-5-13/h10-14,16H,2-9H2,1H3,(H,17,18).